The first-order chi connectivity index (χ1) is 5.76. The number of carbonyl (C=O) groups is 1. The lowest BCUT2D eigenvalue weighted by atomic mass is 10.1. The van der Waals surface area contributed by atoms with Gasteiger partial charge < -0.3 is 9.47 Å². The molecule has 0 fully saturated rings. The number of Topliss-reactive ketones (excluding diaryl/α,β-unsaturated/α-hetero) is 1. The molecule has 3 nitrogen and oxygen atoms in total. The summed E-state index contributed by atoms with van der Waals surface area (Å²) in [6.45, 7) is 4.65. The van der Waals surface area contributed by atoms with Crippen LogP contribution in [0.25, 0.3) is 0 Å². The van der Waals surface area contributed by atoms with E-state index in [0.29, 0.717) is 6.61 Å². The van der Waals surface area contributed by atoms with Gasteiger partial charge in [0, 0.05) is 13.7 Å². The Hall–Kier alpha value is -0.410. The van der Waals surface area contributed by atoms with Crippen LogP contribution in [0.5, 0.6) is 0 Å². The van der Waals surface area contributed by atoms with Crippen molar-refractivity contribution in [2.24, 2.45) is 0 Å². The number of rotatable bonds is 7. The summed E-state index contributed by atoms with van der Waals surface area (Å²) in [5.74, 6) is 0.0428. The summed E-state index contributed by atoms with van der Waals surface area (Å²) in [6.07, 6.45) is 1.46. The molecule has 1 unspecified atom stereocenters. The number of carbonyl (C=O) groups excluding carboxylic acids is 1. The predicted octanol–water partition coefficient (Wildman–Crippen LogP) is 1.41. The van der Waals surface area contributed by atoms with E-state index >= 15 is 0 Å². The monoisotopic (exact) mass is 174 g/mol. The van der Waals surface area contributed by atoms with Crippen molar-refractivity contribution in [1.29, 1.82) is 0 Å². The van der Waals surface area contributed by atoms with Gasteiger partial charge in [-0.1, -0.05) is 13.3 Å². The number of hydrogen-bond donors (Lipinski definition) is 0. The van der Waals surface area contributed by atoms with E-state index in [1.54, 1.807) is 7.11 Å². The van der Waals surface area contributed by atoms with Gasteiger partial charge in [0.05, 0.1) is 0 Å². The number of hydrogen-bond acceptors (Lipinski definition) is 3. The van der Waals surface area contributed by atoms with Crippen LogP contribution in [0, 0.1) is 0 Å². The molecule has 0 saturated heterocycles. The molecule has 0 N–H and O–H groups in total. The van der Waals surface area contributed by atoms with E-state index < -0.39 is 0 Å². The third kappa shape index (κ3) is 4.46. The van der Waals surface area contributed by atoms with Gasteiger partial charge in [-0.05, 0) is 13.3 Å². The molecule has 0 rings (SSSR count). The van der Waals surface area contributed by atoms with Crippen molar-refractivity contribution in [3.8, 4) is 0 Å². The third-order valence-corrected chi connectivity index (χ3v) is 1.64. The molecular formula is C9H18O3. The van der Waals surface area contributed by atoms with E-state index in [0.717, 1.165) is 12.8 Å². The molecule has 1 atom stereocenters. The fraction of sp³-hybridized carbons (Fsp3) is 0.889. The zero-order valence-electron chi connectivity index (χ0n) is 8.13. The lowest BCUT2D eigenvalue weighted by Gasteiger charge is -2.12. The quantitative estimate of drug-likeness (QED) is 0.585. The molecule has 0 aliphatic rings. The van der Waals surface area contributed by atoms with Gasteiger partial charge in [-0.25, -0.2) is 0 Å². The highest BCUT2D eigenvalue weighted by Crippen LogP contribution is 2.02. The molecule has 0 bridgehead atoms. The lowest BCUT2D eigenvalue weighted by Crippen LogP contribution is -2.26. The Labute approximate surface area is 74.0 Å². The molecule has 3 heteroatoms. The van der Waals surface area contributed by atoms with E-state index in [-0.39, 0.29) is 18.5 Å². The fourth-order valence-corrected chi connectivity index (χ4v) is 0.968. The van der Waals surface area contributed by atoms with Gasteiger partial charge in [-0.3, -0.25) is 4.79 Å². The Kier molecular flexibility index (Phi) is 7.00. The van der Waals surface area contributed by atoms with Crippen LogP contribution in [0.3, 0.4) is 0 Å². The standard InChI is InChI=1S/C9H18O3/c1-4-6-9(11-3)8(10)7-12-5-2/h9H,4-7H2,1-3H3. The second-order valence-electron chi connectivity index (χ2n) is 2.62. The van der Waals surface area contributed by atoms with Gasteiger partial charge in [-0.2, -0.15) is 0 Å². The molecule has 0 saturated carbocycles. The highest BCUT2D eigenvalue weighted by molar-refractivity contribution is 5.84. The minimum atomic E-state index is -0.276. The summed E-state index contributed by atoms with van der Waals surface area (Å²) in [5, 5.41) is 0. The van der Waals surface area contributed by atoms with Crippen LogP contribution >= 0.6 is 0 Å². The average molecular weight is 174 g/mol. The molecule has 12 heavy (non-hydrogen) atoms. The highest BCUT2D eigenvalue weighted by atomic mass is 16.5. The van der Waals surface area contributed by atoms with Crippen molar-refractivity contribution >= 4 is 5.78 Å². The van der Waals surface area contributed by atoms with Gasteiger partial charge in [0.25, 0.3) is 0 Å². The first kappa shape index (κ1) is 11.6. The van der Waals surface area contributed by atoms with Crippen molar-refractivity contribution in [2.45, 2.75) is 32.8 Å². The van der Waals surface area contributed by atoms with Gasteiger partial charge in [0.2, 0.25) is 0 Å². The molecule has 0 aromatic heterocycles. The minimum Gasteiger partial charge on any atom is -0.374 e. The van der Waals surface area contributed by atoms with E-state index in [1.165, 1.54) is 0 Å². The molecule has 0 aromatic rings. The summed E-state index contributed by atoms with van der Waals surface area (Å²) in [5.41, 5.74) is 0. The van der Waals surface area contributed by atoms with Crippen LogP contribution in [-0.4, -0.2) is 32.2 Å². The van der Waals surface area contributed by atoms with Crippen LogP contribution in [0.4, 0.5) is 0 Å². The van der Waals surface area contributed by atoms with Gasteiger partial charge in [-0.15, -0.1) is 0 Å². The zero-order chi connectivity index (χ0) is 9.40. The molecule has 72 valence electrons. The maximum Gasteiger partial charge on any atom is 0.187 e. The van der Waals surface area contributed by atoms with Crippen molar-refractivity contribution in [3.05, 3.63) is 0 Å². The highest BCUT2D eigenvalue weighted by Gasteiger charge is 2.15. The maximum absolute atomic E-state index is 11.3. The summed E-state index contributed by atoms with van der Waals surface area (Å²) in [7, 11) is 1.56. The molecule has 0 aromatic carbocycles. The Bertz CT molecular complexity index is 123. The van der Waals surface area contributed by atoms with E-state index in [1.807, 2.05) is 13.8 Å². The molecule has 0 aliphatic heterocycles. The van der Waals surface area contributed by atoms with Gasteiger partial charge in [0.15, 0.2) is 5.78 Å². The van der Waals surface area contributed by atoms with Crippen molar-refractivity contribution in [2.75, 3.05) is 20.3 Å². The Morgan fingerprint density at radius 1 is 1.42 bits per heavy atom. The molecule has 0 aliphatic carbocycles. The summed E-state index contributed by atoms with van der Waals surface area (Å²) >= 11 is 0. The summed E-state index contributed by atoms with van der Waals surface area (Å²) in [6, 6.07) is 0. The third-order valence-electron chi connectivity index (χ3n) is 1.64. The lowest BCUT2D eigenvalue weighted by molar-refractivity contribution is -0.133. The number of methoxy groups -OCH3 is 1. The number of ketones is 1. The first-order valence-corrected chi connectivity index (χ1v) is 4.39. The fourth-order valence-electron chi connectivity index (χ4n) is 0.968. The maximum atomic E-state index is 11.3. The molecule has 0 radical (unpaired) electrons. The molecule has 0 amide bonds. The van der Waals surface area contributed by atoms with Crippen molar-refractivity contribution < 1.29 is 14.3 Å². The van der Waals surface area contributed by atoms with Gasteiger partial charge >= 0.3 is 0 Å². The zero-order valence-corrected chi connectivity index (χ0v) is 8.13. The van der Waals surface area contributed by atoms with Crippen molar-refractivity contribution in [1.82, 2.24) is 0 Å². The molecule has 0 spiro atoms. The van der Waals surface area contributed by atoms with Crippen LogP contribution < -0.4 is 0 Å². The Morgan fingerprint density at radius 2 is 2.08 bits per heavy atom. The van der Waals surface area contributed by atoms with E-state index in [9.17, 15) is 4.79 Å². The topological polar surface area (TPSA) is 35.5 Å². The molecular weight excluding hydrogens is 156 g/mol. The van der Waals surface area contributed by atoms with Crippen molar-refractivity contribution in [3.63, 3.8) is 0 Å². The number of ether oxygens (including phenoxy) is 2. The minimum absolute atomic E-state index is 0.0428. The van der Waals surface area contributed by atoms with Gasteiger partial charge in [0.1, 0.15) is 12.7 Å². The first-order valence-electron chi connectivity index (χ1n) is 4.39. The van der Waals surface area contributed by atoms with E-state index in [4.69, 9.17) is 9.47 Å². The summed E-state index contributed by atoms with van der Waals surface area (Å²) < 4.78 is 10.0. The Balaban J connectivity index is 3.69. The van der Waals surface area contributed by atoms with Crippen LogP contribution in [-0.2, 0) is 14.3 Å². The second kappa shape index (κ2) is 7.25. The normalized spacial score (nSPS) is 12.9. The SMILES string of the molecule is CCCC(OC)C(=O)COCC. The second-order valence-corrected chi connectivity index (χ2v) is 2.62. The van der Waals surface area contributed by atoms with Crippen LogP contribution in [0.15, 0.2) is 0 Å². The molecule has 0 heterocycles. The van der Waals surface area contributed by atoms with E-state index in [2.05, 4.69) is 0 Å². The Morgan fingerprint density at radius 3 is 2.50 bits per heavy atom. The van der Waals surface area contributed by atoms with Crippen LogP contribution in [0.2, 0.25) is 0 Å². The van der Waals surface area contributed by atoms with Crippen LogP contribution in [0.1, 0.15) is 26.7 Å². The average Bonchev–Trinajstić information content (AvgIpc) is 2.10. The summed E-state index contributed by atoms with van der Waals surface area (Å²) in [4.78, 5) is 11.3. The largest absolute Gasteiger partial charge is 0.374 e. The predicted molar refractivity (Wildman–Crippen MR) is 47.2 cm³/mol. The smallest absolute Gasteiger partial charge is 0.187 e.